The number of nitriles is 1. The van der Waals surface area contributed by atoms with Crippen molar-refractivity contribution < 1.29 is 14.0 Å². The average Bonchev–Trinajstić information content (AvgIpc) is 2.00. The lowest BCUT2D eigenvalue weighted by Gasteiger charge is -2.15. The molecule has 74 valence electrons. The molecule has 0 amide bonds. The van der Waals surface area contributed by atoms with E-state index in [2.05, 4.69) is 0 Å². The molecule has 0 rings (SSSR count). The van der Waals surface area contributed by atoms with E-state index in [1.54, 1.807) is 0 Å². The summed E-state index contributed by atoms with van der Waals surface area (Å²) in [6, 6.07) is 1.89. The molecule has 0 aromatic carbocycles. The summed E-state index contributed by atoms with van der Waals surface area (Å²) in [5.74, 6) is -0.391. The van der Waals surface area contributed by atoms with Gasteiger partial charge in [-0.2, -0.15) is 5.26 Å². The number of ether oxygens (including phenoxy) is 1. The molecule has 0 spiro atoms. The number of hydrogen-bond donors (Lipinski definition) is 0. The van der Waals surface area contributed by atoms with Crippen molar-refractivity contribution in [1.82, 2.24) is 0 Å². The van der Waals surface area contributed by atoms with Crippen LogP contribution in [0.4, 0.5) is 0 Å². The van der Waals surface area contributed by atoms with E-state index in [-0.39, 0.29) is 19.6 Å². The first kappa shape index (κ1) is 12.1. The first-order valence-electron chi connectivity index (χ1n) is 4.12. The second-order valence-electron chi connectivity index (χ2n) is 3.53. The summed E-state index contributed by atoms with van der Waals surface area (Å²) in [7, 11) is -1.63. The van der Waals surface area contributed by atoms with Crippen LogP contribution in [0, 0.1) is 11.3 Å². The van der Waals surface area contributed by atoms with Crippen LogP contribution in [-0.4, -0.2) is 27.5 Å². The third kappa shape index (κ3) is 9.05. The van der Waals surface area contributed by atoms with Crippen molar-refractivity contribution in [3.05, 3.63) is 0 Å². The Labute approximate surface area is 79.6 Å². The molecular weight excluding hydrogens is 186 g/mol. The molecule has 0 aromatic rings. The number of carbonyl (C=O) groups is 1. The normalized spacial score (nSPS) is 10.6. The Morgan fingerprint density at radius 2 is 2.08 bits per heavy atom. The van der Waals surface area contributed by atoms with Gasteiger partial charge in [0.2, 0.25) is 0 Å². The molecule has 13 heavy (non-hydrogen) atoms. The summed E-state index contributed by atoms with van der Waals surface area (Å²) >= 11 is 0. The van der Waals surface area contributed by atoms with E-state index >= 15 is 0 Å². The van der Waals surface area contributed by atoms with Crippen LogP contribution in [0.1, 0.15) is 6.42 Å². The van der Waals surface area contributed by atoms with E-state index in [1.807, 2.05) is 25.7 Å². The second-order valence-corrected chi connectivity index (χ2v) is 8.04. The van der Waals surface area contributed by atoms with E-state index in [0.29, 0.717) is 0 Å². The lowest BCUT2D eigenvalue weighted by molar-refractivity contribution is -0.146. The number of carbonyl (C=O) groups excluding carboxylic acids is 1. The fourth-order valence-electron chi connectivity index (χ4n) is 0.528. The van der Waals surface area contributed by atoms with Crippen molar-refractivity contribution in [3.63, 3.8) is 0 Å². The number of nitrogens with zero attached hydrogens (tertiary/aromatic N) is 1. The van der Waals surface area contributed by atoms with Gasteiger partial charge in [-0.25, -0.2) is 4.79 Å². The topological polar surface area (TPSA) is 59.3 Å². The van der Waals surface area contributed by atoms with Gasteiger partial charge in [0, 0.05) is 0 Å². The highest BCUT2D eigenvalue weighted by atomic mass is 28.4. The lowest BCUT2D eigenvalue weighted by Crippen LogP contribution is -2.29. The summed E-state index contributed by atoms with van der Waals surface area (Å²) in [5.41, 5.74) is 0. The Balaban J connectivity index is 3.48. The third-order valence-corrected chi connectivity index (χ3v) is 2.11. The van der Waals surface area contributed by atoms with Crippen molar-refractivity contribution >= 4 is 14.3 Å². The standard InChI is InChI=1S/C8H15NO3Si/c1-13(2,3)12-7-8(10)11-6-4-5-9/h4,6-7H2,1-3H3. The van der Waals surface area contributed by atoms with Crippen molar-refractivity contribution in [2.24, 2.45) is 0 Å². The van der Waals surface area contributed by atoms with E-state index < -0.39 is 14.3 Å². The maximum Gasteiger partial charge on any atom is 0.330 e. The van der Waals surface area contributed by atoms with Gasteiger partial charge in [-0.3, -0.25) is 0 Å². The van der Waals surface area contributed by atoms with Gasteiger partial charge in [0.05, 0.1) is 12.5 Å². The van der Waals surface area contributed by atoms with Crippen LogP contribution in [0.2, 0.25) is 19.6 Å². The molecule has 0 aromatic heterocycles. The molecule has 0 aliphatic rings. The van der Waals surface area contributed by atoms with Crippen LogP contribution in [-0.2, 0) is 14.0 Å². The summed E-state index contributed by atoms with van der Waals surface area (Å²) in [4.78, 5) is 10.9. The number of hydrogen-bond acceptors (Lipinski definition) is 4. The molecule has 0 N–H and O–H groups in total. The minimum absolute atomic E-state index is 0.00114. The summed E-state index contributed by atoms with van der Waals surface area (Å²) < 4.78 is 10.0. The van der Waals surface area contributed by atoms with Crippen LogP contribution < -0.4 is 0 Å². The first-order valence-corrected chi connectivity index (χ1v) is 7.53. The van der Waals surface area contributed by atoms with Gasteiger partial charge in [-0.15, -0.1) is 0 Å². The van der Waals surface area contributed by atoms with E-state index in [9.17, 15) is 4.79 Å². The largest absolute Gasteiger partial charge is 0.463 e. The van der Waals surface area contributed by atoms with Gasteiger partial charge >= 0.3 is 5.97 Å². The number of esters is 1. The minimum Gasteiger partial charge on any atom is -0.463 e. The van der Waals surface area contributed by atoms with Crippen LogP contribution in [0.15, 0.2) is 0 Å². The molecule has 0 fully saturated rings. The van der Waals surface area contributed by atoms with Crippen molar-refractivity contribution in [2.75, 3.05) is 13.2 Å². The molecule has 0 aliphatic carbocycles. The Hall–Kier alpha value is -0.863. The van der Waals surface area contributed by atoms with Gasteiger partial charge in [0.1, 0.15) is 13.2 Å². The van der Waals surface area contributed by atoms with Crippen molar-refractivity contribution in [2.45, 2.75) is 26.1 Å². The Bertz CT molecular complexity index is 204. The summed E-state index contributed by atoms with van der Waals surface area (Å²) in [5, 5.41) is 8.17. The van der Waals surface area contributed by atoms with E-state index in [1.165, 1.54) is 0 Å². The van der Waals surface area contributed by atoms with Crippen molar-refractivity contribution in [1.29, 1.82) is 5.26 Å². The van der Waals surface area contributed by atoms with Crippen LogP contribution >= 0.6 is 0 Å². The monoisotopic (exact) mass is 201 g/mol. The second kappa shape index (κ2) is 5.73. The predicted octanol–water partition coefficient (Wildman–Crippen LogP) is 1.29. The molecule has 0 heterocycles. The summed E-state index contributed by atoms with van der Waals surface area (Å²) in [6.45, 7) is 6.15. The fourth-order valence-corrected chi connectivity index (χ4v) is 1.08. The maximum absolute atomic E-state index is 10.9. The van der Waals surface area contributed by atoms with E-state index in [0.717, 1.165) is 0 Å². The molecule has 5 heteroatoms. The smallest absolute Gasteiger partial charge is 0.330 e. The highest BCUT2D eigenvalue weighted by Gasteiger charge is 2.16. The Morgan fingerprint density at radius 1 is 1.46 bits per heavy atom. The maximum atomic E-state index is 10.9. The van der Waals surface area contributed by atoms with Gasteiger partial charge in [0.15, 0.2) is 8.32 Å². The zero-order valence-corrected chi connectivity index (χ0v) is 9.29. The molecule has 0 radical (unpaired) electrons. The zero-order valence-electron chi connectivity index (χ0n) is 8.29. The van der Waals surface area contributed by atoms with Crippen LogP contribution in [0.3, 0.4) is 0 Å². The zero-order chi connectivity index (χ0) is 10.3. The minimum atomic E-state index is -1.63. The van der Waals surface area contributed by atoms with Gasteiger partial charge in [-0.05, 0) is 19.6 Å². The van der Waals surface area contributed by atoms with Crippen LogP contribution in [0.5, 0.6) is 0 Å². The highest BCUT2D eigenvalue weighted by molar-refractivity contribution is 6.69. The highest BCUT2D eigenvalue weighted by Crippen LogP contribution is 2.01. The molecule has 0 aliphatic heterocycles. The lowest BCUT2D eigenvalue weighted by atomic mass is 10.5. The molecule has 4 nitrogen and oxygen atoms in total. The SMILES string of the molecule is C[Si](C)(C)OCC(=O)OCCC#N. The van der Waals surface area contributed by atoms with Gasteiger partial charge in [0.25, 0.3) is 0 Å². The summed E-state index contributed by atoms with van der Waals surface area (Å²) in [6.07, 6.45) is 0.235. The Morgan fingerprint density at radius 3 is 2.54 bits per heavy atom. The molecule has 0 saturated heterocycles. The van der Waals surface area contributed by atoms with Gasteiger partial charge < -0.3 is 9.16 Å². The molecule has 0 atom stereocenters. The fraction of sp³-hybridized carbons (Fsp3) is 0.750. The average molecular weight is 201 g/mol. The Kier molecular flexibility index (Phi) is 5.35. The van der Waals surface area contributed by atoms with Crippen LogP contribution in [0.25, 0.3) is 0 Å². The predicted molar refractivity (Wildman–Crippen MR) is 50.5 cm³/mol. The number of rotatable bonds is 5. The molecule has 0 bridgehead atoms. The molecular formula is C8H15NO3Si. The van der Waals surface area contributed by atoms with Crippen molar-refractivity contribution in [3.8, 4) is 6.07 Å². The molecule has 0 saturated carbocycles. The van der Waals surface area contributed by atoms with E-state index in [4.69, 9.17) is 14.4 Å². The first-order chi connectivity index (χ1) is 5.95. The quantitative estimate of drug-likeness (QED) is 0.382. The molecule has 0 unspecified atom stereocenters. The third-order valence-electron chi connectivity index (χ3n) is 1.10. The van der Waals surface area contributed by atoms with Gasteiger partial charge in [-0.1, -0.05) is 0 Å².